The van der Waals surface area contributed by atoms with E-state index < -0.39 is 18.1 Å². The van der Waals surface area contributed by atoms with E-state index in [0.29, 0.717) is 6.42 Å². The molecule has 3 aromatic rings. The van der Waals surface area contributed by atoms with E-state index in [1.165, 1.54) is 14.2 Å². The molecule has 0 saturated heterocycles. The predicted octanol–water partition coefficient (Wildman–Crippen LogP) is 3.43. The Balaban J connectivity index is 1.79. The van der Waals surface area contributed by atoms with Crippen molar-refractivity contribution in [2.75, 3.05) is 14.2 Å². The van der Waals surface area contributed by atoms with Crippen LogP contribution in [0.4, 0.5) is 0 Å². The summed E-state index contributed by atoms with van der Waals surface area (Å²) in [7, 11) is 2.78. The molecule has 28 heavy (non-hydrogen) atoms. The Bertz CT molecular complexity index is 955. The number of hydrogen-bond acceptors (Lipinski definition) is 4. The minimum Gasteiger partial charge on any atom is -0.467 e. The SMILES string of the molecule is COC(=O)[C@H](Cc1ccc2ccccc2c1)NC(=O)[C@@H](OC)c1ccccc1. The molecule has 0 unspecified atom stereocenters. The standard InChI is InChI=1S/C23H23NO4/c1-27-21(18-9-4-3-5-10-18)22(25)24-20(23(26)28-2)15-16-12-13-17-8-6-7-11-19(17)14-16/h3-14,20-21H,15H2,1-2H3,(H,24,25)/t20-,21-/m0/s1. The molecule has 144 valence electrons. The summed E-state index contributed by atoms with van der Waals surface area (Å²) in [5.41, 5.74) is 1.65. The molecule has 1 N–H and O–H groups in total. The highest BCUT2D eigenvalue weighted by Gasteiger charge is 2.27. The number of hydrogen-bond donors (Lipinski definition) is 1. The summed E-state index contributed by atoms with van der Waals surface area (Å²) in [4.78, 5) is 25.0. The van der Waals surface area contributed by atoms with Gasteiger partial charge in [0.25, 0.3) is 5.91 Å². The molecule has 1 amide bonds. The lowest BCUT2D eigenvalue weighted by atomic mass is 10.0. The lowest BCUT2D eigenvalue weighted by molar-refractivity contribution is -0.146. The van der Waals surface area contributed by atoms with E-state index in [4.69, 9.17) is 9.47 Å². The molecule has 0 fully saturated rings. The quantitative estimate of drug-likeness (QED) is 0.641. The van der Waals surface area contributed by atoms with Crippen LogP contribution >= 0.6 is 0 Å². The van der Waals surface area contributed by atoms with E-state index in [1.807, 2.05) is 72.8 Å². The van der Waals surface area contributed by atoms with Crippen LogP contribution in [0.15, 0.2) is 72.8 Å². The van der Waals surface area contributed by atoms with Gasteiger partial charge in [0.1, 0.15) is 6.04 Å². The summed E-state index contributed by atoms with van der Waals surface area (Å²) in [5.74, 6) is -0.880. The first-order valence-electron chi connectivity index (χ1n) is 9.06. The van der Waals surface area contributed by atoms with E-state index in [-0.39, 0.29) is 5.91 Å². The van der Waals surface area contributed by atoms with Crippen molar-refractivity contribution in [1.29, 1.82) is 0 Å². The Labute approximate surface area is 164 Å². The van der Waals surface area contributed by atoms with E-state index in [0.717, 1.165) is 21.9 Å². The van der Waals surface area contributed by atoms with Gasteiger partial charge in [-0.3, -0.25) is 4.79 Å². The largest absolute Gasteiger partial charge is 0.467 e. The topological polar surface area (TPSA) is 64.6 Å². The summed E-state index contributed by atoms with van der Waals surface area (Å²) in [5, 5.41) is 4.97. The van der Waals surface area contributed by atoms with Crippen LogP contribution in [0.2, 0.25) is 0 Å². The molecule has 0 heterocycles. The van der Waals surface area contributed by atoms with E-state index in [9.17, 15) is 9.59 Å². The van der Waals surface area contributed by atoms with Crippen molar-refractivity contribution in [3.63, 3.8) is 0 Å². The fraction of sp³-hybridized carbons (Fsp3) is 0.217. The zero-order valence-electron chi connectivity index (χ0n) is 15.9. The third-order valence-corrected chi connectivity index (χ3v) is 4.63. The molecular weight excluding hydrogens is 354 g/mol. The van der Waals surface area contributed by atoms with Crippen molar-refractivity contribution in [3.8, 4) is 0 Å². The average Bonchev–Trinajstić information content (AvgIpc) is 2.74. The van der Waals surface area contributed by atoms with Crippen LogP contribution < -0.4 is 5.32 Å². The molecule has 5 heteroatoms. The van der Waals surface area contributed by atoms with Crippen LogP contribution in [0.5, 0.6) is 0 Å². The highest BCUT2D eigenvalue weighted by Crippen LogP contribution is 2.19. The van der Waals surface area contributed by atoms with Gasteiger partial charge in [0.15, 0.2) is 6.10 Å². The minimum atomic E-state index is -0.806. The van der Waals surface area contributed by atoms with Crippen LogP contribution in [-0.4, -0.2) is 32.1 Å². The summed E-state index contributed by atoms with van der Waals surface area (Å²) in [6, 6.07) is 22.3. The fourth-order valence-corrected chi connectivity index (χ4v) is 3.21. The van der Waals surface area contributed by atoms with Crippen LogP contribution in [0.3, 0.4) is 0 Å². The van der Waals surface area contributed by atoms with E-state index in [1.54, 1.807) is 0 Å². The number of carbonyl (C=O) groups is 2. The number of amides is 1. The molecule has 0 saturated carbocycles. The first-order chi connectivity index (χ1) is 13.6. The van der Waals surface area contributed by atoms with Crippen molar-refractivity contribution < 1.29 is 19.1 Å². The van der Waals surface area contributed by atoms with Crippen LogP contribution in [0.25, 0.3) is 10.8 Å². The first-order valence-corrected chi connectivity index (χ1v) is 9.06. The lowest BCUT2D eigenvalue weighted by Crippen LogP contribution is -2.45. The van der Waals surface area contributed by atoms with Crippen LogP contribution in [0, 0.1) is 0 Å². The zero-order chi connectivity index (χ0) is 19.9. The molecule has 2 atom stereocenters. The van der Waals surface area contributed by atoms with E-state index in [2.05, 4.69) is 5.32 Å². The molecule has 3 rings (SSSR count). The Morgan fingerprint density at radius 3 is 2.25 bits per heavy atom. The Morgan fingerprint density at radius 1 is 0.893 bits per heavy atom. The third-order valence-electron chi connectivity index (χ3n) is 4.63. The van der Waals surface area contributed by atoms with Gasteiger partial charge in [0.05, 0.1) is 7.11 Å². The average molecular weight is 377 g/mol. The summed E-state index contributed by atoms with van der Waals surface area (Å²) < 4.78 is 10.3. The number of esters is 1. The molecule has 3 aromatic carbocycles. The van der Waals surface area contributed by atoms with Crippen molar-refractivity contribution in [2.24, 2.45) is 0 Å². The Hall–Kier alpha value is -3.18. The second-order valence-corrected chi connectivity index (χ2v) is 6.50. The highest BCUT2D eigenvalue weighted by atomic mass is 16.5. The highest BCUT2D eigenvalue weighted by molar-refractivity contribution is 5.88. The minimum absolute atomic E-state index is 0.328. The summed E-state index contributed by atoms with van der Waals surface area (Å²) >= 11 is 0. The zero-order valence-corrected chi connectivity index (χ0v) is 15.9. The lowest BCUT2D eigenvalue weighted by Gasteiger charge is -2.21. The number of methoxy groups -OCH3 is 2. The molecule has 0 aromatic heterocycles. The molecular formula is C23H23NO4. The maximum Gasteiger partial charge on any atom is 0.328 e. The van der Waals surface area contributed by atoms with Gasteiger partial charge in [-0.25, -0.2) is 4.79 Å². The molecule has 5 nitrogen and oxygen atoms in total. The number of ether oxygens (including phenoxy) is 2. The molecule has 0 aliphatic rings. The molecule has 0 spiro atoms. The number of rotatable bonds is 7. The van der Waals surface area contributed by atoms with Crippen molar-refractivity contribution >= 4 is 22.6 Å². The molecule has 0 radical (unpaired) electrons. The maximum absolute atomic E-state index is 12.8. The van der Waals surface area contributed by atoms with Gasteiger partial charge in [0.2, 0.25) is 0 Å². The van der Waals surface area contributed by atoms with Gasteiger partial charge < -0.3 is 14.8 Å². The Morgan fingerprint density at radius 2 is 1.57 bits per heavy atom. The monoisotopic (exact) mass is 377 g/mol. The van der Waals surface area contributed by atoms with Gasteiger partial charge in [0, 0.05) is 13.5 Å². The molecule has 0 aliphatic carbocycles. The van der Waals surface area contributed by atoms with Gasteiger partial charge in [-0.15, -0.1) is 0 Å². The second-order valence-electron chi connectivity index (χ2n) is 6.50. The van der Waals surface area contributed by atoms with Crippen molar-refractivity contribution in [2.45, 2.75) is 18.6 Å². The third kappa shape index (κ3) is 4.56. The second kappa shape index (κ2) is 9.15. The molecule has 0 bridgehead atoms. The van der Waals surface area contributed by atoms with Gasteiger partial charge >= 0.3 is 5.97 Å². The van der Waals surface area contributed by atoms with Crippen molar-refractivity contribution in [1.82, 2.24) is 5.32 Å². The van der Waals surface area contributed by atoms with Crippen LogP contribution in [-0.2, 0) is 25.5 Å². The number of benzene rings is 3. The van der Waals surface area contributed by atoms with Crippen molar-refractivity contribution in [3.05, 3.63) is 83.9 Å². The fourth-order valence-electron chi connectivity index (χ4n) is 3.21. The van der Waals surface area contributed by atoms with Gasteiger partial charge in [-0.05, 0) is 21.9 Å². The van der Waals surface area contributed by atoms with Crippen LogP contribution in [0.1, 0.15) is 17.2 Å². The van der Waals surface area contributed by atoms with Gasteiger partial charge in [-0.2, -0.15) is 0 Å². The van der Waals surface area contributed by atoms with Gasteiger partial charge in [-0.1, -0.05) is 72.8 Å². The summed E-state index contributed by atoms with van der Waals surface area (Å²) in [6.45, 7) is 0. The van der Waals surface area contributed by atoms with E-state index >= 15 is 0 Å². The smallest absolute Gasteiger partial charge is 0.328 e. The normalized spacial score (nSPS) is 12.9. The maximum atomic E-state index is 12.8. The predicted molar refractivity (Wildman–Crippen MR) is 108 cm³/mol. The first kappa shape index (κ1) is 19.6. The number of fused-ring (bicyclic) bond motifs is 1. The summed E-state index contributed by atoms with van der Waals surface area (Å²) in [6.07, 6.45) is -0.473. The molecule has 0 aliphatic heterocycles. The number of carbonyl (C=O) groups excluding carboxylic acids is 2. The number of nitrogens with one attached hydrogen (secondary N) is 1. The Kier molecular flexibility index (Phi) is 6.40.